The number of hydrogen-bond donors (Lipinski definition) is 2. The van der Waals surface area contributed by atoms with Crippen LogP contribution in [0, 0.1) is 0 Å². The molecule has 0 aliphatic carbocycles. The van der Waals surface area contributed by atoms with Crippen LogP contribution in [0.1, 0.15) is 61.5 Å². The molecule has 8 heteroatoms. The Morgan fingerprint density at radius 3 is 2.43 bits per heavy atom. The van der Waals surface area contributed by atoms with Crippen molar-refractivity contribution in [2.75, 3.05) is 18.9 Å². The number of hydrogen-bond acceptors (Lipinski definition) is 6. The van der Waals surface area contributed by atoms with Crippen LogP contribution in [0.2, 0.25) is 0 Å². The number of nitrogens with two attached hydrogens (primary N) is 1. The van der Waals surface area contributed by atoms with Gasteiger partial charge in [0.05, 0.1) is 23.4 Å². The fourth-order valence-corrected chi connectivity index (χ4v) is 3.76. The average molecular weight is 473 g/mol. The van der Waals surface area contributed by atoms with Gasteiger partial charge in [0, 0.05) is 13.2 Å². The van der Waals surface area contributed by atoms with E-state index in [1.807, 2.05) is 50.2 Å². The Bertz CT molecular complexity index is 1360. The summed E-state index contributed by atoms with van der Waals surface area (Å²) in [6, 6.07) is 15.7. The number of nitrogen functional groups attached to an aromatic ring is 1. The molecule has 35 heavy (non-hydrogen) atoms. The monoisotopic (exact) mass is 472 g/mol. The number of fused-ring (bicyclic) bond motifs is 2. The van der Waals surface area contributed by atoms with Crippen LogP contribution in [-0.2, 0) is 4.74 Å². The van der Waals surface area contributed by atoms with E-state index in [4.69, 9.17) is 20.4 Å². The summed E-state index contributed by atoms with van der Waals surface area (Å²) in [5.74, 6) is 0.338. The fraction of sp³-hybridized carbons (Fsp3) is 0.333. The second-order valence-corrected chi connectivity index (χ2v) is 9.05. The van der Waals surface area contributed by atoms with Crippen molar-refractivity contribution >= 4 is 40.1 Å². The van der Waals surface area contributed by atoms with Crippen molar-refractivity contribution in [2.24, 2.45) is 5.10 Å². The standard InChI is InChI=1S/C27H32N6O2/c1-17(2)20-12-10-19(11-13-20)16-30-33-25(28)23(27(34)29-14-7-15-35-18(3)4)24-26(33)32-22-9-6-5-8-21(22)31-24/h5-6,8-13,16-18H,7,14-15,28H2,1-4H3,(H,29,34)/b30-16-. The number of rotatable bonds is 9. The molecule has 2 aromatic carbocycles. The number of carbonyl (C=O) groups is 1. The number of nitrogens with zero attached hydrogens (tertiary/aromatic N) is 4. The Hall–Kier alpha value is -3.78. The number of anilines is 1. The maximum atomic E-state index is 13.1. The van der Waals surface area contributed by atoms with Gasteiger partial charge in [0.1, 0.15) is 16.9 Å². The van der Waals surface area contributed by atoms with Crippen LogP contribution in [0.3, 0.4) is 0 Å². The second kappa shape index (κ2) is 10.7. The average Bonchev–Trinajstić information content (AvgIpc) is 3.11. The molecule has 0 bridgehead atoms. The lowest BCUT2D eigenvalue weighted by molar-refractivity contribution is 0.0757. The molecule has 4 aromatic rings. The highest BCUT2D eigenvalue weighted by atomic mass is 16.5. The van der Waals surface area contributed by atoms with E-state index in [1.54, 1.807) is 6.21 Å². The van der Waals surface area contributed by atoms with Crippen molar-refractivity contribution in [2.45, 2.75) is 46.1 Å². The Labute approximate surface area is 205 Å². The lowest BCUT2D eigenvalue weighted by Gasteiger charge is -2.08. The Morgan fingerprint density at radius 2 is 1.77 bits per heavy atom. The van der Waals surface area contributed by atoms with Crippen molar-refractivity contribution in [3.63, 3.8) is 0 Å². The summed E-state index contributed by atoms with van der Waals surface area (Å²) in [7, 11) is 0. The summed E-state index contributed by atoms with van der Waals surface area (Å²) in [6.07, 6.45) is 2.56. The normalized spacial score (nSPS) is 11.9. The first-order chi connectivity index (χ1) is 16.8. The first-order valence-corrected chi connectivity index (χ1v) is 12.0. The van der Waals surface area contributed by atoms with Crippen molar-refractivity contribution < 1.29 is 9.53 Å². The van der Waals surface area contributed by atoms with E-state index in [2.05, 4.69) is 36.4 Å². The number of carbonyl (C=O) groups excluding carboxylic acids is 1. The largest absolute Gasteiger partial charge is 0.383 e. The molecular weight excluding hydrogens is 440 g/mol. The predicted octanol–water partition coefficient (Wildman–Crippen LogP) is 4.72. The molecule has 0 saturated heterocycles. The van der Waals surface area contributed by atoms with Gasteiger partial charge in [-0.05, 0) is 49.4 Å². The zero-order valence-electron chi connectivity index (χ0n) is 20.7. The minimum absolute atomic E-state index is 0.155. The lowest BCUT2D eigenvalue weighted by atomic mass is 10.0. The summed E-state index contributed by atoms with van der Waals surface area (Å²) in [5, 5.41) is 7.51. The summed E-state index contributed by atoms with van der Waals surface area (Å²) in [4.78, 5) is 22.6. The molecule has 8 nitrogen and oxygen atoms in total. The molecule has 182 valence electrons. The molecular formula is C27H32N6O2. The van der Waals surface area contributed by atoms with E-state index < -0.39 is 0 Å². The summed E-state index contributed by atoms with van der Waals surface area (Å²) in [5.41, 5.74) is 11.1. The van der Waals surface area contributed by atoms with Gasteiger partial charge in [-0.25, -0.2) is 9.97 Å². The zero-order valence-corrected chi connectivity index (χ0v) is 20.7. The molecule has 0 atom stereocenters. The number of benzene rings is 2. The molecule has 0 aliphatic rings. The molecule has 0 unspecified atom stereocenters. The van der Waals surface area contributed by atoms with Crippen LogP contribution in [0.5, 0.6) is 0 Å². The Balaban J connectivity index is 1.69. The molecule has 0 saturated carbocycles. The van der Waals surface area contributed by atoms with Gasteiger partial charge in [0.2, 0.25) is 0 Å². The Kier molecular flexibility index (Phi) is 7.41. The number of aromatic nitrogens is 3. The number of amides is 1. The van der Waals surface area contributed by atoms with E-state index in [0.717, 1.165) is 5.56 Å². The zero-order chi connectivity index (χ0) is 24.9. The van der Waals surface area contributed by atoms with Crippen molar-refractivity contribution in [3.05, 3.63) is 65.2 Å². The van der Waals surface area contributed by atoms with Gasteiger partial charge in [0.25, 0.3) is 5.91 Å². The molecule has 3 N–H and O–H groups in total. The molecule has 0 radical (unpaired) electrons. The summed E-state index contributed by atoms with van der Waals surface area (Å²) < 4.78 is 7.04. The molecule has 4 rings (SSSR count). The fourth-order valence-electron chi connectivity index (χ4n) is 3.76. The number of nitrogens with one attached hydrogen (secondary N) is 1. The molecule has 0 spiro atoms. The quantitative estimate of drug-likeness (QED) is 0.271. The second-order valence-electron chi connectivity index (χ2n) is 9.05. The van der Waals surface area contributed by atoms with Gasteiger partial charge in [-0.3, -0.25) is 4.79 Å². The molecule has 2 heterocycles. The molecule has 0 aliphatic heterocycles. The smallest absolute Gasteiger partial charge is 0.257 e. The van der Waals surface area contributed by atoms with E-state index in [1.165, 1.54) is 10.2 Å². The maximum Gasteiger partial charge on any atom is 0.257 e. The summed E-state index contributed by atoms with van der Waals surface area (Å²) in [6.45, 7) is 9.31. The molecule has 0 fully saturated rings. The van der Waals surface area contributed by atoms with Crippen LogP contribution < -0.4 is 11.1 Å². The third-order valence-corrected chi connectivity index (χ3v) is 5.68. The third-order valence-electron chi connectivity index (χ3n) is 5.68. The van der Waals surface area contributed by atoms with Crippen LogP contribution in [-0.4, -0.2) is 46.0 Å². The van der Waals surface area contributed by atoms with E-state index in [0.29, 0.717) is 47.7 Å². The first kappa shape index (κ1) is 24.3. The van der Waals surface area contributed by atoms with Gasteiger partial charge >= 0.3 is 0 Å². The number of ether oxygens (including phenoxy) is 1. The SMILES string of the molecule is CC(C)OCCCNC(=O)c1c(N)n(/N=C\c2ccc(C(C)C)cc2)c2nc3ccccc3nc12. The van der Waals surface area contributed by atoms with E-state index in [-0.39, 0.29) is 23.4 Å². The van der Waals surface area contributed by atoms with E-state index in [9.17, 15) is 4.79 Å². The van der Waals surface area contributed by atoms with Crippen molar-refractivity contribution in [1.29, 1.82) is 0 Å². The summed E-state index contributed by atoms with van der Waals surface area (Å²) >= 11 is 0. The van der Waals surface area contributed by atoms with Crippen molar-refractivity contribution in [1.82, 2.24) is 20.0 Å². The predicted molar refractivity (Wildman–Crippen MR) is 141 cm³/mol. The molecule has 1 amide bonds. The van der Waals surface area contributed by atoms with Gasteiger partial charge in [-0.15, -0.1) is 0 Å². The Morgan fingerprint density at radius 1 is 1.09 bits per heavy atom. The lowest BCUT2D eigenvalue weighted by Crippen LogP contribution is -2.26. The van der Waals surface area contributed by atoms with Gasteiger partial charge in [-0.2, -0.15) is 9.78 Å². The van der Waals surface area contributed by atoms with Crippen LogP contribution in [0.15, 0.2) is 53.6 Å². The first-order valence-electron chi connectivity index (χ1n) is 12.0. The van der Waals surface area contributed by atoms with Gasteiger partial charge in [-0.1, -0.05) is 50.2 Å². The minimum Gasteiger partial charge on any atom is -0.383 e. The number of para-hydroxylation sites is 2. The highest BCUT2D eigenvalue weighted by molar-refractivity contribution is 6.10. The van der Waals surface area contributed by atoms with Crippen LogP contribution in [0.4, 0.5) is 5.82 Å². The minimum atomic E-state index is -0.308. The molecule has 2 aromatic heterocycles. The van der Waals surface area contributed by atoms with E-state index >= 15 is 0 Å². The van der Waals surface area contributed by atoms with Gasteiger partial charge < -0.3 is 15.8 Å². The maximum absolute atomic E-state index is 13.1. The highest BCUT2D eigenvalue weighted by Crippen LogP contribution is 2.28. The van der Waals surface area contributed by atoms with Crippen LogP contribution >= 0.6 is 0 Å². The highest BCUT2D eigenvalue weighted by Gasteiger charge is 2.23. The third kappa shape index (κ3) is 5.49. The van der Waals surface area contributed by atoms with Crippen molar-refractivity contribution in [3.8, 4) is 0 Å². The van der Waals surface area contributed by atoms with Gasteiger partial charge in [0.15, 0.2) is 5.65 Å². The van der Waals surface area contributed by atoms with Crippen LogP contribution in [0.25, 0.3) is 22.2 Å². The topological polar surface area (TPSA) is 107 Å².